The summed E-state index contributed by atoms with van der Waals surface area (Å²) in [5, 5.41) is 5.01. The minimum atomic E-state index is -0.558. The lowest BCUT2D eigenvalue weighted by molar-refractivity contribution is -0.123. The molecule has 4 nitrogen and oxygen atoms in total. The Labute approximate surface area is 120 Å². The summed E-state index contributed by atoms with van der Waals surface area (Å²) in [6, 6.07) is 3.40. The molecular weight excluding hydrogens is 258 g/mol. The van der Waals surface area contributed by atoms with Crippen molar-refractivity contribution in [3.63, 3.8) is 0 Å². The average Bonchev–Trinajstić information content (AvgIpc) is 2.79. The van der Waals surface area contributed by atoms with Gasteiger partial charge in [-0.1, -0.05) is 19.9 Å². The lowest BCUT2D eigenvalue weighted by Crippen LogP contribution is -2.45. The van der Waals surface area contributed by atoms with Crippen LogP contribution in [0.1, 0.15) is 31.2 Å². The first kappa shape index (κ1) is 16.1. The number of amides is 1. The Morgan fingerprint density at radius 3 is 2.63 bits per heavy atom. The highest BCUT2D eigenvalue weighted by molar-refractivity contribution is 7.10. The molecular formula is C14H25N3OS. The molecule has 0 spiro atoms. The standard InChI is InChI=1S/C14H25N3OS/c1-10(2)8-11(9-17(3)4)16-14(18)13(15)12-6-5-7-19-12/h5-7,10-11,13H,8-9,15H2,1-4H3,(H,16,18). The second kappa shape index (κ2) is 7.62. The smallest absolute Gasteiger partial charge is 0.242 e. The van der Waals surface area contributed by atoms with Gasteiger partial charge in [-0.2, -0.15) is 0 Å². The average molecular weight is 283 g/mol. The zero-order valence-corrected chi connectivity index (χ0v) is 13.0. The SMILES string of the molecule is CC(C)CC(CN(C)C)NC(=O)C(N)c1cccs1. The molecule has 5 heteroatoms. The molecule has 1 aromatic heterocycles. The van der Waals surface area contributed by atoms with Crippen molar-refractivity contribution < 1.29 is 4.79 Å². The maximum atomic E-state index is 12.2. The molecule has 0 bridgehead atoms. The molecule has 0 aliphatic carbocycles. The predicted octanol–water partition coefficient (Wildman–Crippen LogP) is 1.84. The molecule has 3 N–H and O–H groups in total. The Morgan fingerprint density at radius 2 is 2.16 bits per heavy atom. The summed E-state index contributed by atoms with van der Waals surface area (Å²) in [5.41, 5.74) is 5.98. The molecule has 0 aromatic carbocycles. The van der Waals surface area contributed by atoms with Crippen molar-refractivity contribution >= 4 is 17.2 Å². The number of hydrogen-bond donors (Lipinski definition) is 2. The van der Waals surface area contributed by atoms with Gasteiger partial charge in [0.2, 0.25) is 5.91 Å². The molecule has 1 rings (SSSR count). The molecule has 0 saturated heterocycles. The van der Waals surface area contributed by atoms with Gasteiger partial charge in [0.05, 0.1) is 0 Å². The largest absolute Gasteiger partial charge is 0.350 e. The molecule has 1 amide bonds. The summed E-state index contributed by atoms with van der Waals surface area (Å²) < 4.78 is 0. The van der Waals surface area contributed by atoms with E-state index < -0.39 is 6.04 Å². The molecule has 108 valence electrons. The van der Waals surface area contributed by atoms with Crippen LogP contribution in [0, 0.1) is 5.92 Å². The minimum Gasteiger partial charge on any atom is -0.350 e. The van der Waals surface area contributed by atoms with Gasteiger partial charge in [0.25, 0.3) is 0 Å². The molecule has 0 aliphatic heterocycles. The van der Waals surface area contributed by atoms with Crippen molar-refractivity contribution in [2.75, 3.05) is 20.6 Å². The summed E-state index contributed by atoms with van der Waals surface area (Å²) in [5.74, 6) is 0.457. The van der Waals surface area contributed by atoms with Gasteiger partial charge in [0, 0.05) is 17.5 Å². The number of carbonyl (C=O) groups is 1. The van der Waals surface area contributed by atoms with E-state index in [1.807, 2.05) is 31.6 Å². The van der Waals surface area contributed by atoms with Crippen LogP contribution in [0.3, 0.4) is 0 Å². The quantitative estimate of drug-likeness (QED) is 0.803. The summed E-state index contributed by atoms with van der Waals surface area (Å²) in [7, 11) is 4.03. The summed E-state index contributed by atoms with van der Waals surface area (Å²) in [4.78, 5) is 15.2. The maximum Gasteiger partial charge on any atom is 0.242 e. The highest BCUT2D eigenvalue weighted by Gasteiger charge is 2.21. The van der Waals surface area contributed by atoms with E-state index in [-0.39, 0.29) is 11.9 Å². The van der Waals surface area contributed by atoms with E-state index >= 15 is 0 Å². The Kier molecular flexibility index (Phi) is 6.48. The summed E-state index contributed by atoms with van der Waals surface area (Å²) in [6.07, 6.45) is 0.959. The monoisotopic (exact) mass is 283 g/mol. The number of nitrogens with zero attached hydrogens (tertiary/aromatic N) is 1. The summed E-state index contributed by atoms with van der Waals surface area (Å²) in [6.45, 7) is 5.16. The van der Waals surface area contributed by atoms with Crippen molar-refractivity contribution in [2.24, 2.45) is 11.7 Å². The highest BCUT2D eigenvalue weighted by atomic mass is 32.1. The van der Waals surface area contributed by atoms with Crippen LogP contribution in [0.15, 0.2) is 17.5 Å². The van der Waals surface area contributed by atoms with Crippen LogP contribution in [0.2, 0.25) is 0 Å². The Bertz CT molecular complexity index is 366. The first-order valence-electron chi connectivity index (χ1n) is 6.64. The van der Waals surface area contributed by atoms with E-state index in [4.69, 9.17) is 5.73 Å². The van der Waals surface area contributed by atoms with Gasteiger partial charge >= 0.3 is 0 Å². The van der Waals surface area contributed by atoms with E-state index in [1.165, 1.54) is 11.3 Å². The van der Waals surface area contributed by atoms with E-state index in [2.05, 4.69) is 24.1 Å². The number of thiophene rings is 1. The fourth-order valence-electron chi connectivity index (χ4n) is 2.08. The van der Waals surface area contributed by atoms with Crippen LogP contribution >= 0.6 is 11.3 Å². The Balaban J connectivity index is 2.59. The molecule has 0 fully saturated rings. The number of hydrogen-bond acceptors (Lipinski definition) is 4. The number of nitrogens with one attached hydrogen (secondary N) is 1. The third-order valence-electron chi connectivity index (χ3n) is 2.82. The van der Waals surface area contributed by atoms with Crippen molar-refractivity contribution in [3.8, 4) is 0 Å². The van der Waals surface area contributed by atoms with Crippen LogP contribution in [0.5, 0.6) is 0 Å². The first-order valence-corrected chi connectivity index (χ1v) is 7.52. The zero-order chi connectivity index (χ0) is 14.4. The normalized spacial score (nSPS) is 14.7. The van der Waals surface area contributed by atoms with E-state index in [0.29, 0.717) is 5.92 Å². The first-order chi connectivity index (χ1) is 8.90. The Morgan fingerprint density at radius 1 is 1.47 bits per heavy atom. The zero-order valence-electron chi connectivity index (χ0n) is 12.2. The molecule has 0 saturated carbocycles. The van der Waals surface area contributed by atoms with Crippen molar-refractivity contribution in [3.05, 3.63) is 22.4 Å². The molecule has 2 unspecified atom stereocenters. The van der Waals surface area contributed by atoms with Gasteiger partial charge in [-0.05, 0) is 37.9 Å². The number of rotatable bonds is 7. The molecule has 1 heterocycles. The molecule has 1 aromatic rings. The van der Waals surface area contributed by atoms with Crippen LogP contribution in [-0.2, 0) is 4.79 Å². The van der Waals surface area contributed by atoms with E-state index in [0.717, 1.165) is 17.8 Å². The fraction of sp³-hybridized carbons (Fsp3) is 0.643. The maximum absolute atomic E-state index is 12.2. The van der Waals surface area contributed by atoms with Crippen molar-refractivity contribution in [1.82, 2.24) is 10.2 Å². The predicted molar refractivity (Wildman–Crippen MR) is 81.2 cm³/mol. The van der Waals surface area contributed by atoms with Crippen molar-refractivity contribution in [1.29, 1.82) is 0 Å². The summed E-state index contributed by atoms with van der Waals surface area (Å²) >= 11 is 1.52. The van der Waals surface area contributed by atoms with Gasteiger partial charge < -0.3 is 16.0 Å². The van der Waals surface area contributed by atoms with Gasteiger partial charge in [0.15, 0.2) is 0 Å². The molecule has 0 radical (unpaired) electrons. The third-order valence-corrected chi connectivity index (χ3v) is 3.78. The fourth-order valence-corrected chi connectivity index (χ4v) is 2.80. The molecule has 19 heavy (non-hydrogen) atoms. The molecule has 0 aliphatic rings. The third kappa shape index (κ3) is 5.72. The lowest BCUT2D eigenvalue weighted by Gasteiger charge is -2.25. The van der Waals surface area contributed by atoms with Crippen molar-refractivity contribution in [2.45, 2.75) is 32.4 Å². The van der Waals surface area contributed by atoms with Crippen LogP contribution in [0.4, 0.5) is 0 Å². The van der Waals surface area contributed by atoms with Gasteiger partial charge in [0.1, 0.15) is 6.04 Å². The second-order valence-corrected chi connectivity index (χ2v) is 6.57. The minimum absolute atomic E-state index is 0.0880. The number of likely N-dealkylation sites (N-methyl/N-ethyl adjacent to an activating group) is 1. The van der Waals surface area contributed by atoms with Gasteiger partial charge in [-0.25, -0.2) is 0 Å². The second-order valence-electron chi connectivity index (χ2n) is 5.59. The van der Waals surface area contributed by atoms with E-state index in [1.54, 1.807) is 0 Å². The lowest BCUT2D eigenvalue weighted by atomic mass is 10.0. The number of carbonyl (C=O) groups excluding carboxylic acids is 1. The molecule has 2 atom stereocenters. The Hall–Kier alpha value is -0.910. The van der Waals surface area contributed by atoms with Crippen LogP contribution in [-0.4, -0.2) is 37.5 Å². The van der Waals surface area contributed by atoms with Crippen LogP contribution in [0.25, 0.3) is 0 Å². The van der Waals surface area contributed by atoms with Gasteiger partial charge in [-0.15, -0.1) is 11.3 Å². The highest BCUT2D eigenvalue weighted by Crippen LogP contribution is 2.17. The van der Waals surface area contributed by atoms with Gasteiger partial charge in [-0.3, -0.25) is 4.79 Å². The van der Waals surface area contributed by atoms with Crippen LogP contribution < -0.4 is 11.1 Å². The number of nitrogens with two attached hydrogens (primary N) is 1. The van der Waals surface area contributed by atoms with E-state index in [9.17, 15) is 4.79 Å². The topological polar surface area (TPSA) is 58.4 Å².